The van der Waals surface area contributed by atoms with Crippen molar-refractivity contribution in [1.29, 1.82) is 5.26 Å². The van der Waals surface area contributed by atoms with Crippen molar-refractivity contribution >= 4 is 45.0 Å². The van der Waals surface area contributed by atoms with E-state index < -0.39 is 0 Å². The zero-order valence-corrected chi connectivity index (χ0v) is 16.7. The first-order chi connectivity index (χ1) is 13.2. The first-order valence-corrected chi connectivity index (χ1v) is 10.9. The topological polar surface area (TPSA) is 81.6 Å². The number of nitrogens with one attached hydrogen (secondary N) is 2. The highest BCUT2D eigenvalue weighted by atomic mass is 32.2. The molecule has 0 bridgehead atoms. The van der Waals surface area contributed by atoms with E-state index in [-0.39, 0.29) is 11.2 Å². The van der Waals surface area contributed by atoms with Crippen LogP contribution in [0.5, 0.6) is 0 Å². The van der Waals surface area contributed by atoms with Gasteiger partial charge in [0, 0.05) is 4.88 Å². The Balaban J connectivity index is 1.52. The molecule has 5 nitrogen and oxygen atoms in total. The van der Waals surface area contributed by atoms with E-state index in [4.69, 9.17) is 0 Å². The van der Waals surface area contributed by atoms with Crippen molar-refractivity contribution in [2.24, 2.45) is 0 Å². The zero-order chi connectivity index (χ0) is 18.8. The molecular weight excluding hydrogens is 376 g/mol. The van der Waals surface area contributed by atoms with Crippen molar-refractivity contribution in [3.8, 4) is 6.07 Å². The van der Waals surface area contributed by atoms with E-state index in [0.717, 1.165) is 47.4 Å². The minimum atomic E-state index is -0.267. The van der Waals surface area contributed by atoms with Crippen LogP contribution in [0.15, 0.2) is 29.4 Å². The molecule has 1 aromatic carbocycles. The molecule has 0 fully saturated rings. The van der Waals surface area contributed by atoms with E-state index in [1.54, 1.807) is 11.3 Å². The fourth-order valence-corrected chi connectivity index (χ4v) is 5.57. The van der Waals surface area contributed by atoms with E-state index in [1.165, 1.54) is 16.6 Å². The Kier molecular flexibility index (Phi) is 5.19. The van der Waals surface area contributed by atoms with Gasteiger partial charge in [-0.2, -0.15) is 5.26 Å². The van der Waals surface area contributed by atoms with Crippen LogP contribution in [0.2, 0.25) is 0 Å². The van der Waals surface area contributed by atoms with E-state index >= 15 is 0 Å². The number of nitriles is 1. The number of carbonyl (C=O) groups is 1. The maximum Gasteiger partial charge on any atom is 0.238 e. The highest BCUT2D eigenvalue weighted by Gasteiger charge is 2.25. The molecular formula is C20H20N4OS2. The number of fused-ring (bicyclic) bond motifs is 2. The normalized spacial score (nSPS) is 14.5. The van der Waals surface area contributed by atoms with E-state index in [9.17, 15) is 10.1 Å². The zero-order valence-electron chi connectivity index (χ0n) is 15.0. The average Bonchev–Trinajstić information content (AvgIpc) is 3.25. The second-order valence-corrected chi connectivity index (χ2v) is 8.89. The average molecular weight is 397 g/mol. The minimum Gasteiger partial charge on any atom is -0.333 e. The molecule has 2 N–H and O–H groups in total. The van der Waals surface area contributed by atoms with E-state index in [2.05, 4.69) is 21.4 Å². The van der Waals surface area contributed by atoms with Gasteiger partial charge in [0.15, 0.2) is 5.16 Å². The van der Waals surface area contributed by atoms with Gasteiger partial charge in [0.05, 0.1) is 21.8 Å². The third-order valence-corrected chi connectivity index (χ3v) is 7.26. The molecule has 1 amide bonds. The number of anilines is 1. The Bertz CT molecular complexity index is 997. The molecule has 138 valence electrons. The van der Waals surface area contributed by atoms with Gasteiger partial charge in [0.25, 0.3) is 0 Å². The first kappa shape index (κ1) is 18.1. The number of amides is 1. The maximum absolute atomic E-state index is 12.9. The highest BCUT2D eigenvalue weighted by molar-refractivity contribution is 8.00. The predicted molar refractivity (Wildman–Crippen MR) is 110 cm³/mol. The predicted octanol–water partition coefficient (Wildman–Crippen LogP) is 4.88. The van der Waals surface area contributed by atoms with Crippen LogP contribution in [-0.4, -0.2) is 21.1 Å². The quantitative estimate of drug-likeness (QED) is 0.602. The van der Waals surface area contributed by atoms with Gasteiger partial charge in [-0.25, -0.2) is 4.98 Å². The molecule has 3 aromatic rings. The van der Waals surface area contributed by atoms with Crippen molar-refractivity contribution in [2.45, 2.75) is 49.4 Å². The van der Waals surface area contributed by atoms with Gasteiger partial charge in [-0.15, -0.1) is 11.3 Å². The maximum atomic E-state index is 12.9. The summed E-state index contributed by atoms with van der Waals surface area (Å²) in [6, 6.07) is 10.1. The summed E-state index contributed by atoms with van der Waals surface area (Å²) in [5, 5.41) is 13.8. The number of thiophene rings is 1. The second-order valence-electron chi connectivity index (χ2n) is 6.59. The summed E-state index contributed by atoms with van der Waals surface area (Å²) in [6.07, 6.45) is 4.90. The Morgan fingerprint density at radius 3 is 3.00 bits per heavy atom. The van der Waals surface area contributed by atoms with Crippen molar-refractivity contribution in [3.05, 3.63) is 40.3 Å². The molecule has 7 heteroatoms. The van der Waals surface area contributed by atoms with Crippen molar-refractivity contribution < 1.29 is 4.79 Å². The molecule has 2 heterocycles. The summed E-state index contributed by atoms with van der Waals surface area (Å²) in [4.78, 5) is 21.9. The number of carbonyl (C=O) groups excluding carboxylic acids is 1. The van der Waals surface area contributed by atoms with Crippen LogP contribution >= 0.6 is 23.1 Å². The molecule has 0 unspecified atom stereocenters. The number of hydrogen-bond acceptors (Lipinski definition) is 5. The SMILES string of the molecule is CC[C@H](Sc1nc2ccccc2[nH]1)C(=O)Nc1sc2c(c1C#N)CCCC2. The number of thioether (sulfide) groups is 1. The summed E-state index contributed by atoms with van der Waals surface area (Å²) >= 11 is 3.00. The number of imidazole rings is 1. The number of para-hydroxylation sites is 2. The molecule has 0 radical (unpaired) electrons. The number of rotatable bonds is 5. The first-order valence-electron chi connectivity index (χ1n) is 9.16. The van der Waals surface area contributed by atoms with Gasteiger partial charge in [-0.1, -0.05) is 30.8 Å². The summed E-state index contributed by atoms with van der Waals surface area (Å²) in [7, 11) is 0. The lowest BCUT2D eigenvalue weighted by Crippen LogP contribution is -2.24. The number of benzene rings is 1. The van der Waals surface area contributed by atoms with Crippen LogP contribution in [0.4, 0.5) is 5.00 Å². The van der Waals surface area contributed by atoms with Crippen molar-refractivity contribution in [3.63, 3.8) is 0 Å². The number of hydrogen-bond donors (Lipinski definition) is 2. The lowest BCUT2D eigenvalue weighted by atomic mass is 9.96. The highest BCUT2D eigenvalue weighted by Crippen LogP contribution is 2.38. The molecule has 0 saturated heterocycles. The molecule has 1 atom stereocenters. The van der Waals surface area contributed by atoms with Gasteiger partial charge in [-0.3, -0.25) is 4.79 Å². The van der Waals surface area contributed by atoms with Gasteiger partial charge in [0.1, 0.15) is 11.1 Å². The Labute approximate surface area is 166 Å². The molecule has 0 aliphatic heterocycles. The standard InChI is InChI=1S/C20H20N4OS2/c1-2-16(27-20-22-14-8-4-5-9-15(14)23-20)18(25)24-19-13(11-21)12-7-3-6-10-17(12)26-19/h4-5,8-9,16H,2-3,6-7,10H2,1H3,(H,22,23)(H,24,25)/t16-/m0/s1. The van der Waals surface area contributed by atoms with Crippen LogP contribution in [0.25, 0.3) is 11.0 Å². The van der Waals surface area contributed by atoms with Gasteiger partial charge in [-0.05, 0) is 49.8 Å². The van der Waals surface area contributed by atoms with Crippen molar-refractivity contribution in [2.75, 3.05) is 5.32 Å². The number of aryl methyl sites for hydroxylation is 1. The largest absolute Gasteiger partial charge is 0.333 e. The van der Waals surface area contributed by atoms with Crippen LogP contribution in [0.3, 0.4) is 0 Å². The van der Waals surface area contributed by atoms with E-state index in [0.29, 0.717) is 17.0 Å². The Morgan fingerprint density at radius 2 is 2.22 bits per heavy atom. The second kappa shape index (κ2) is 7.75. The van der Waals surface area contributed by atoms with Crippen LogP contribution in [-0.2, 0) is 17.6 Å². The lowest BCUT2D eigenvalue weighted by molar-refractivity contribution is -0.115. The third-order valence-electron chi connectivity index (χ3n) is 4.80. The number of aromatic amines is 1. The molecule has 1 aliphatic rings. The lowest BCUT2D eigenvalue weighted by Gasteiger charge is -2.12. The fraction of sp³-hybridized carbons (Fsp3) is 0.350. The van der Waals surface area contributed by atoms with Gasteiger partial charge in [0.2, 0.25) is 5.91 Å². The molecule has 1 aliphatic carbocycles. The van der Waals surface area contributed by atoms with Crippen molar-refractivity contribution in [1.82, 2.24) is 9.97 Å². The smallest absolute Gasteiger partial charge is 0.238 e. The summed E-state index contributed by atoms with van der Waals surface area (Å²) in [5.74, 6) is -0.0712. The monoisotopic (exact) mass is 396 g/mol. The minimum absolute atomic E-state index is 0.0712. The molecule has 0 saturated carbocycles. The summed E-state index contributed by atoms with van der Waals surface area (Å²) in [5.41, 5.74) is 3.66. The Morgan fingerprint density at radius 1 is 1.41 bits per heavy atom. The van der Waals surface area contributed by atoms with Gasteiger partial charge >= 0.3 is 0 Å². The third kappa shape index (κ3) is 3.60. The molecule has 2 aromatic heterocycles. The number of nitrogens with zero attached hydrogens (tertiary/aromatic N) is 2. The fourth-order valence-electron chi connectivity index (χ4n) is 3.41. The van der Waals surface area contributed by atoms with E-state index in [1.807, 2.05) is 31.2 Å². The summed E-state index contributed by atoms with van der Waals surface area (Å²) < 4.78 is 0. The van der Waals surface area contributed by atoms with Gasteiger partial charge < -0.3 is 10.3 Å². The van der Waals surface area contributed by atoms with Crippen LogP contribution in [0, 0.1) is 11.3 Å². The molecule has 0 spiro atoms. The van der Waals surface area contributed by atoms with Crippen LogP contribution < -0.4 is 5.32 Å². The van der Waals surface area contributed by atoms with Crippen LogP contribution in [0.1, 0.15) is 42.2 Å². The molecule has 4 rings (SSSR count). The number of H-pyrrole nitrogens is 1. The molecule has 27 heavy (non-hydrogen) atoms. The number of aromatic nitrogens is 2. The summed E-state index contributed by atoms with van der Waals surface area (Å²) in [6.45, 7) is 1.99. The Hall–Kier alpha value is -2.30.